The average Bonchev–Trinajstić information content (AvgIpc) is 3.08. The van der Waals surface area contributed by atoms with Gasteiger partial charge in [-0.2, -0.15) is 0 Å². The van der Waals surface area contributed by atoms with E-state index in [0.29, 0.717) is 49.2 Å². The molecule has 2 aliphatic rings. The molecule has 0 aromatic heterocycles. The summed E-state index contributed by atoms with van der Waals surface area (Å²) in [4.78, 5) is 26.9. The maximum atomic E-state index is 12.7. The zero-order chi connectivity index (χ0) is 19.5. The van der Waals surface area contributed by atoms with Crippen LogP contribution in [0.15, 0.2) is 42.5 Å². The molecule has 0 spiro atoms. The smallest absolute Gasteiger partial charge is 0.255 e. The molecule has 2 aliphatic heterocycles. The van der Waals surface area contributed by atoms with Crippen LogP contribution in [0.4, 0.5) is 5.69 Å². The molecule has 0 aliphatic carbocycles. The third kappa shape index (κ3) is 3.60. The van der Waals surface area contributed by atoms with E-state index in [2.05, 4.69) is 5.32 Å². The molecule has 1 fully saturated rings. The Hall–Kier alpha value is -3.22. The van der Waals surface area contributed by atoms with Gasteiger partial charge in [-0.15, -0.1) is 0 Å². The van der Waals surface area contributed by atoms with Crippen LogP contribution in [-0.4, -0.2) is 44.2 Å². The number of fused-ring (bicyclic) bond motifs is 1. The Bertz CT molecular complexity index is 898. The fraction of sp³-hybridized carbons (Fsp3) is 0.333. The summed E-state index contributed by atoms with van der Waals surface area (Å²) >= 11 is 0. The summed E-state index contributed by atoms with van der Waals surface area (Å²) < 4.78 is 16.6. The van der Waals surface area contributed by atoms with Gasteiger partial charge in [0.25, 0.3) is 5.91 Å². The quantitative estimate of drug-likeness (QED) is 0.859. The Morgan fingerprint density at radius 2 is 1.96 bits per heavy atom. The van der Waals surface area contributed by atoms with Crippen molar-refractivity contribution >= 4 is 17.5 Å². The van der Waals surface area contributed by atoms with Gasteiger partial charge in [-0.05, 0) is 31.2 Å². The molecule has 2 aromatic carbocycles. The minimum absolute atomic E-state index is 0.0416. The van der Waals surface area contributed by atoms with Crippen molar-refractivity contribution in [3.05, 3.63) is 48.0 Å². The van der Waals surface area contributed by atoms with Crippen LogP contribution < -0.4 is 24.4 Å². The normalized spacial score (nSPS) is 18.1. The monoisotopic (exact) mass is 382 g/mol. The Labute approximate surface area is 163 Å². The first-order chi connectivity index (χ1) is 13.7. The first kappa shape index (κ1) is 18.2. The SMILES string of the molecule is CCOc1ccccc1C(=O)N[C@H]1CC(=O)N(c2ccc3c(c2)OCCO3)C1. The first-order valence-corrected chi connectivity index (χ1v) is 9.38. The number of ether oxygens (including phenoxy) is 3. The van der Waals surface area contributed by atoms with Crippen LogP contribution in [0.1, 0.15) is 23.7 Å². The third-order valence-corrected chi connectivity index (χ3v) is 4.73. The summed E-state index contributed by atoms with van der Waals surface area (Å²) in [7, 11) is 0. The Kier molecular flexibility index (Phi) is 5.06. The fourth-order valence-electron chi connectivity index (χ4n) is 3.45. The molecule has 4 rings (SSSR count). The molecule has 7 heteroatoms. The van der Waals surface area contributed by atoms with Crippen LogP contribution in [0.25, 0.3) is 0 Å². The van der Waals surface area contributed by atoms with Gasteiger partial charge >= 0.3 is 0 Å². The standard InChI is InChI=1S/C21H22N2O5/c1-2-26-17-6-4-3-5-16(17)21(25)22-14-11-20(24)23(13-14)15-7-8-18-19(12-15)28-10-9-27-18/h3-8,12,14H,2,9-11,13H2,1H3,(H,22,25)/t14-/m0/s1. The molecule has 28 heavy (non-hydrogen) atoms. The van der Waals surface area contributed by atoms with Gasteiger partial charge in [0.05, 0.1) is 18.2 Å². The summed E-state index contributed by atoms with van der Waals surface area (Å²) in [6.45, 7) is 3.76. The molecule has 1 saturated heterocycles. The Morgan fingerprint density at radius 1 is 1.18 bits per heavy atom. The van der Waals surface area contributed by atoms with Gasteiger partial charge in [0.1, 0.15) is 19.0 Å². The zero-order valence-corrected chi connectivity index (χ0v) is 15.6. The van der Waals surface area contributed by atoms with Crippen LogP contribution in [0.3, 0.4) is 0 Å². The van der Waals surface area contributed by atoms with Crippen molar-refractivity contribution < 1.29 is 23.8 Å². The number of hydrogen-bond acceptors (Lipinski definition) is 5. The van der Waals surface area contributed by atoms with Crippen molar-refractivity contribution in [2.24, 2.45) is 0 Å². The van der Waals surface area contributed by atoms with Gasteiger partial charge in [-0.1, -0.05) is 12.1 Å². The molecule has 1 atom stereocenters. The number of carbonyl (C=O) groups is 2. The summed E-state index contributed by atoms with van der Waals surface area (Å²) in [5.41, 5.74) is 1.20. The van der Waals surface area contributed by atoms with Crippen molar-refractivity contribution in [1.29, 1.82) is 0 Å². The van der Waals surface area contributed by atoms with E-state index in [1.54, 1.807) is 35.2 Å². The maximum absolute atomic E-state index is 12.7. The molecule has 0 unspecified atom stereocenters. The molecule has 2 amide bonds. The molecule has 0 radical (unpaired) electrons. The lowest BCUT2D eigenvalue weighted by Crippen LogP contribution is -2.37. The predicted octanol–water partition coefficient (Wildman–Crippen LogP) is 2.39. The van der Waals surface area contributed by atoms with Crippen LogP contribution in [0.2, 0.25) is 0 Å². The highest BCUT2D eigenvalue weighted by atomic mass is 16.6. The highest BCUT2D eigenvalue weighted by Gasteiger charge is 2.32. The number of rotatable bonds is 5. The molecule has 0 saturated carbocycles. The molecular formula is C21H22N2O5. The van der Waals surface area contributed by atoms with Crippen LogP contribution in [0, 0.1) is 0 Å². The number of carbonyl (C=O) groups excluding carboxylic acids is 2. The number of nitrogens with zero attached hydrogens (tertiary/aromatic N) is 1. The topological polar surface area (TPSA) is 77.1 Å². The van der Waals surface area contributed by atoms with Gasteiger partial charge in [0.15, 0.2) is 11.5 Å². The summed E-state index contributed by atoms with van der Waals surface area (Å²) in [6, 6.07) is 12.3. The average molecular weight is 382 g/mol. The Balaban J connectivity index is 1.46. The number of para-hydroxylation sites is 1. The number of nitrogens with one attached hydrogen (secondary N) is 1. The number of benzene rings is 2. The van der Waals surface area contributed by atoms with E-state index in [0.717, 1.165) is 5.69 Å². The van der Waals surface area contributed by atoms with Crippen molar-refractivity contribution in [3.63, 3.8) is 0 Å². The third-order valence-electron chi connectivity index (χ3n) is 4.73. The second-order valence-corrected chi connectivity index (χ2v) is 6.64. The Morgan fingerprint density at radius 3 is 2.79 bits per heavy atom. The van der Waals surface area contributed by atoms with E-state index in [4.69, 9.17) is 14.2 Å². The number of hydrogen-bond donors (Lipinski definition) is 1. The van der Waals surface area contributed by atoms with Gasteiger partial charge in [0, 0.05) is 24.7 Å². The minimum Gasteiger partial charge on any atom is -0.493 e. The predicted molar refractivity (Wildman–Crippen MR) is 103 cm³/mol. The lowest BCUT2D eigenvalue weighted by molar-refractivity contribution is -0.117. The largest absolute Gasteiger partial charge is 0.493 e. The fourth-order valence-corrected chi connectivity index (χ4v) is 3.45. The first-order valence-electron chi connectivity index (χ1n) is 9.38. The highest BCUT2D eigenvalue weighted by Crippen LogP contribution is 2.35. The maximum Gasteiger partial charge on any atom is 0.255 e. The van der Waals surface area contributed by atoms with Crippen molar-refractivity contribution in [1.82, 2.24) is 5.32 Å². The molecule has 146 valence electrons. The minimum atomic E-state index is -0.275. The van der Waals surface area contributed by atoms with Crippen LogP contribution >= 0.6 is 0 Å². The van der Waals surface area contributed by atoms with Gasteiger partial charge in [-0.25, -0.2) is 0 Å². The molecule has 1 N–H and O–H groups in total. The van der Waals surface area contributed by atoms with Crippen LogP contribution in [0.5, 0.6) is 17.2 Å². The van der Waals surface area contributed by atoms with E-state index >= 15 is 0 Å². The molecule has 2 aromatic rings. The molecular weight excluding hydrogens is 360 g/mol. The molecule has 7 nitrogen and oxygen atoms in total. The lowest BCUT2D eigenvalue weighted by atomic mass is 10.1. The number of anilines is 1. The lowest BCUT2D eigenvalue weighted by Gasteiger charge is -2.22. The van der Waals surface area contributed by atoms with Gasteiger partial charge in [-0.3, -0.25) is 9.59 Å². The summed E-state index contributed by atoms with van der Waals surface area (Å²) in [6.07, 6.45) is 0.247. The summed E-state index contributed by atoms with van der Waals surface area (Å²) in [5.74, 6) is 1.56. The molecule has 0 bridgehead atoms. The van der Waals surface area contributed by atoms with Crippen molar-refractivity contribution in [2.45, 2.75) is 19.4 Å². The second kappa shape index (κ2) is 7.80. The van der Waals surface area contributed by atoms with Crippen LogP contribution in [-0.2, 0) is 4.79 Å². The van der Waals surface area contributed by atoms with Gasteiger partial charge in [0.2, 0.25) is 5.91 Å². The molecule has 2 heterocycles. The van der Waals surface area contributed by atoms with Crippen molar-refractivity contribution in [2.75, 3.05) is 31.3 Å². The van der Waals surface area contributed by atoms with E-state index < -0.39 is 0 Å². The van der Waals surface area contributed by atoms with E-state index in [-0.39, 0.29) is 24.3 Å². The zero-order valence-electron chi connectivity index (χ0n) is 15.6. The highest BCUT2D eigenvalue weighted by molar-refractivity contribution is 6.00. The van der Waals surface area contributed by atoms with E-state index in [1.807, 2.05) is 19.1 Å². The van der Waals surface area contributed by atoms with E-state index in [1.165, 1.54) is 0 Å². The van der Waals surface area contributed by atoms with Gasteiger partial charge < -0.3 is 24.4 Å². The van der Waals surface area contributed by atoms with Crippen molar-refractivity contribution in [3.8, 4) is 17.2 Å². The number of amides is 2. The second-order valence-electron chi connectivity index (χ2n) is 6.64. The van der Waals surface area contributed by atoms with E-state index in [9.17, 15) is 9.59 Å². The summed E-state index contributed by atoms with van der Waals surface area (Å²) in [5, 5.41) is 2.95.